The third-order valence-corrected chi connectivity index (χ3v) is 2.66. The summed E-state index contributed by atoms with van der Waals surface area (Å²) in [6.45, 7) is 8.87. The largest absolute Gasteiger partial charge is 0.314 e. The summed E-state index contributed by atoms with van der Waals surface area (Å²) in [6, 6.07) is 8.52. The summed E-state index contributed by atoms with van der Waals surface area (Å²) in [5, 5.41) is 3.35. The molecule has 2 nitrogen and oxygen atoms in total. The van der Waals surface area contributed by atoms with E-state index in [1.165, 1.54) is 11.1 Å². The average Bonchev–Trinajstić information content (AvgIpc) is 2.23. The Kier molecular flexibility index (Phi) is 3.17. The predicted octanol–water partition coefficient (Wildman–Crippen LogP) is 1.41. The minimum Gasteiger partial charge on any atom is -0.314 e. The maximum absolute atomic E-state index is 3.35. The number of hydrogen-bond donors (Lipinski definition) is 1. The van der Waals surface area contributed by atoms with Crippen LogP contribution in [-0.2, 0) is 0 Å². The van der Waals surface area contributed by atoms with Gasteiger partial charge in [0.15, 0.2) is 0 Å². The van der Waals surface area contributed by atoms with Crippen LogP contribution in [0.2, 0.25) is 0 Å². The van der Waals surface area contributed by atoms with E-state index in [2.05, 4.69) is 48.0 Å². The van der Waals surface area contributed by atoms with E-state index < -0.39 is 0 Å². The highest BCUT2D eigenvalue weighted by molar-refractivity contribution is 5.31. The molecule has 1 aliphatic rings. The molecule has 75 valence electrons. The fraction of sp³-hybridized carbons (Fsp3) is 0.417. The molecule has 1 aliphatic heterocycles. The van der Waals surface area contributed by atoms with Crippen LogP contribution in [0, 0.1) is 13.5 Å². The lowest BCUT2D eigenvalue weighted by Gasteiger charge is -2.27. The number of aryl methyl sites for hydroxylation is 1. The minimum atomic E-state index is 1.10. The van der Waals surface area contributed by atoms with Gasteiger partial charge in [0.2, 0.25) is 0 Å². The molecule has 1 fully saturated rings. The second kappa shape index (κ2) is 4.58. The Labute approximate surface area is 85.9 Å². The lowest BCUT2D eigenvalue weighted by molar-refractivity contribution is 0.299. The van der Waals surface area contributed by atoms with Crippen LogP contribution in [0.3, 0.4) is 0 Å². The van der Waals surface area contributed by atoms with E-state index in [-0.39, 0.29) is 0 Å². The van der Waals surface area contributed by atoms with Gasteiger partial charge in [-0.3, -0.25) is 4.90 Å². The van der Waals surface area contributed by atoms with Crippen molar-refractivity contribution in [2.45, 2.75) is 6.92 Å². The molecular formula is C12H17N2. The molecule has 0 saturated carbocycles. The second-order valence-corrected chi connectivity index (χ2v) is 3.77. The number of rotatable bonds is 2. The van der Waals surface area contributed by atoms with Crippen LogP contribution in [0.4, 0.5) is 0 Å². The summed E-state index contributed by atoms with van der Waals surface area (Å²) < 4.78 is 0. The van der Waals surface area contributed by atoms with Gasteiger partial charge >= 0.3 is 0 Å². The van der Waals surface area contributed by atoms with Crippen molar-refractivity contribution < 1.29 is 0 Å². The van der Waals surface area contributed by atoms with Gasteiger partial charge in [-0.1, -0.05) is 24.3 Å². The third-order valence-electron chi connectivity index (χ3n) is 2.66. The summed E-state index contributed by atoms with van der Waals surface area (Å²) in [7, 11) is 0. The normalized spacial score (nSPS) is 18.4. The SMILES string of the molecule is Cc1ccccc1[CH]N1CCNCC1. The predicted molar refractivity (Wildman–Crippen MR) is 59.0 cm³/mol. The van der Waals surface area contributed by atoms with Gasteiger partial charge in [0.05, 0.1) is 6.54 Å². The molecule has 1 saturated heterocycles. The summed E-state index contributed by atoms with van der Waals surface area (Å²) in [4.78, 5) is 2.39. The van der Waals surface area contributed by atoms with Crippen molar-refractivity contribution in [3.8, 4) is 0 Å². The number of piperazine rings is 1. The smallest absolute Gasteiger partial charge is 0.0549 e. The molecule has 1 aromatic carbocycles. The Hall–Kier alpha value is -0.860. The van der Waals surface area contributed by atoms with Gasteiger partial charge in [-0.2, -0.15) is 0 Å². The van der Waals surface area contributed by atoms with Crippen molar-refractivity contribution in [1.82, 2.24) is 10.2 Å². The zero-order chi connectivity index (χ0) is 9.80. The van der Waals surface area contributed by atoms with E-state index in [1.54, 1.807) is 0 Å². The summed E-state index contributed by atoms with van der Waals surface area (Å²) >= 11 is 0. The van der Waals surface area contributed by atoms with Crippen molar-refractivity contribution in [3.63, 3.8) is 0 Å². The van der Waals surface area contributed by atoms with Crippen molar-refractivity contribution >= 4 is 0 Å². The monoisotopic (exact) mass is 189 g/mol. The molecule has 0 unspecified atom stereocenters. The van der Waals surface area contributed by atoms with Gasteiger partial charge in [-0.15, -0.1) is 0 Å². The van der Waals surface area contributed by atoms with Gasteiger partial charge in [0.1, 0.15) is 0 Å². The van der Waals surface area contributed by atoms with Crippen molar-refractivity contribution in [1.29, 1.82) is 0 Å². The van der Waals surface area contributed by atoms with E-state index in [9.17, 15) is 0 Å². The lowest BCUT2D eigenvalue weighted by Crippen LogP contribution is -2.42. The van der Waals surface area contributed by atoms with Crippen LogP contribution >= 0.6 is 0 Å². The standard InChI is InChI=1S/C12H17N2/c1-11-4-2-3-5-12(11)10-14-8-6-13-7-9-14/h2-5,10,13H,6-9H2,1H3. The van der Waals surface area contributed by atoms with Gasteiger partial charge in [0.25, 0.3) is 0 Å². The van der Waals surface area contributed by atoms with Gasteiger partial charge < -0.3 is 5.32 Å². The molecule has 2 rings (SSSR count). The van der Waals surface area contributed by atoms with Crippen LogP contribution in [0.1, 0.15) is 11.1 Å². The maximum Gasteiger partial charge on any atom is 0.0549 e. The zero-order valence-corrected chi connectivity index (χ0v) is 8.66. The van der Waals surface area contributed by atoms with Crippen molar-refractivity contribution in [2.75, 3.05) is 26.2 Å². The first-order valence-electron chi connectivity index (χ1n) is 5.21. The van der Waals surface area contributed by atoms with E-state index in [0.29, 0.717) is 0 Å². The molecule has 0 atom stereocenters. The van der Waals surface area contributed by atoms with Crippen LogP contribution in [0.25, 0.3) is 0 Å². The summed E-state index contributed by atoms with van der Waals surface area (Å²) in [5.74, 6) is 0. The maximum atomic E-state index is 3.35. The number of hydrogen-bond acceptors (Lipinski definition) is 2. The highest BCUT2D eigenvalue weighted by Gasteiger charge is 2.10. The van der Waals surface area contributed by atoms with Crippen LogP contribution in [0.5, 0.6) is 0 Å². The third kappa shape index (κ3) is 2.34. The molecular weight excluding hydrogens is 172 g/mol. The quantitative estimate of drug-likeness (QED) is 0.756. The van der Waals surface area contributed by atoms with Gasteiger partial charge in [-0.05, 0) is 18.1 Å². The van der Waals surface area contributed by atoms with Crippen LogP contribution in [-0.4, -0.2) is 31.1 Å². The fourth-order valence-electron chi connectivity index (χ4n) is 1.74. The van der Waals surface area contributed by atoms with E-state index in [0.717, 1.165) is 26.2 Å². The molecule has 1 N–H and O–H groups in total. The van der Waals surface area contributed by atoms with E-state index in [1.807, 2.05) is 0 Å². The minimum absolute atomic E-state index is 1.10. The lowest BCUT2D eigenvalue weighted by atomic mass is 10.1. The number of benzene rings is 1. The Bertz CT molecular complexity index is 290. The molecule has 1 radical (unpaired) electrons. The molecule has 0 bridgehead atoms. The summed E-state index contributed by atoms with van der Waals surface area (Å²) in [6.07, 6.45) is 0. The van der Waals surface area contributed by atoms with Crippen LogP contribution < -0.4 is 5.32 Å². The van der Waals surface area contributed by atoms with Gasteiger partial charge in [0, 0.05) is 26.2 Å². The van der Waals surface area contributed by atoms with Crippen LogP contribution in [0.15, 0.2) is 24.3 Å². The number of nitrogens with one attached hydrogen (secondary N) is 1. The topological polar surface area (TPSA) is 15.3 Å². The Morgan fingerprint density at radius 3 is 2.64 bits per heavy atom. The first kappa shape index (κ1) is 9.69. The molecule has 1 aromatic rings. The number of nitrogens with zero attached hydrogens (tertiary/aromatic N) is 1. The molecule has 14 heavy (non-hydrogen) atoms. The fourth-order valence-corrected chi connectivity index (χ4v) is 1.74. The van der Waals surface area contributed by atoms with E-state index >= 15 is 0 Å². The van der Waals surface area contributed by atoms with Crippen molar-refractivity contribution in [3.05, 3.63) is 41.9 Å². The summed E-state index contributed by atoms with van der Waals surface area (Å²) in [5.41, 5.74) is 2.69. The molecule has 0 spiro atoms. The Balaban J connectivity index is 1.99. The highest BCUT2D eigenvalue weighted by atomic mass is 15.2. The molecule has 0 aromatic heterocycles. The molecule has 2 heteroatoms. The van der Waals surface area contributed by atoms with Crippen molar-refractivity contribution in [2.24, 2.45) is 0 Å². The molecule has 0 amide bonds. The Morgan fingerprint density at radius 2 is 1.93 bits per heavy atom. The zero-order valence-electron chi connectivity index (χ0n) is 8.66. The molecule has 1 heterocycles. The second-order valence-electron chi connectivity index (χ2n) is 3.77. The average molecular weight is 189 g/mol. The first-order chi connectivity index (χ1) is 6.86. The first-order valence-corrected chi connectivity index (χ1v) is 5.21. The van der Waals surface area contributed by atoms with Gasteiger partial charge in [-0.25, -0.2) is 0 Å². The van der Waals surface area contributed by atoms with E-state index in [4.69, 9.17) is 0 Å². The molecule has 0 aliphatic carbocycles. The highest BCUT2D eigenvalue weighted by Crippen LogP contribution is 2.12. The Morgan fingerprint density at radius 1 is 1.21 bits per heavy atom.